The smallest absolute Gasteiger partial charge is 0.118 e. The third kappa shape index (κ3) is 8.45. The van der Waals surface area contributed by atoms with E-state index in [4.69, 9.17) is 4.74 Å². The summed E-state index contributed by atoms with van der Waals surface area (Å²) in [6.45, 7) is 16.4. The summed E-state index contributed by atoms with van der Waals surface area (Å²) in [7, 11) is -0.684. The van der Waals surface area contributed by atoms with Crippen molar-refractivity contribution in [3.8, 4) is 5.75 Å². The maximum atomic E-state index is 13.3. The van der Waals surface area contributed by atoms with Crippen molar-refractivity contribution >= 4 is 21.0 Å². The van der Waals surface area contributed by atoms with Crippen LogP contribution in [0.4, 0.5) is 0 Å². The average Bonchev–Trinajstić information content (AvgIpc) is 3.39. The van der Waals surface area contributed by atoms with Gasteiger partial charge in [0.25, 0.3) is 0 Å². The van der Waals surface area contributed by atoms with Crippen LogP contribution in [0.1, 0.15) is 48.5 Å². The minimum Gasteiger partial charge on any atom is -0.497 e. The van der Waals surface area contributed by atoms with Crippen LogP contribution in [0.25, 0.3) is 0 Å². The topological polar surface area (TPSA) is 26.3 Å². The van der Waals surface area contributed by atoms with E-state index in [9.17, 15) is 4.57 Å². The number of rotatable bonds is 5. The van der Waals surface area contributed by atoms with Crippen LogP contribution in [0.3, 0.4) is 0 Å². The molecule has 2 aliphatic rings. The van der Waals surface area contributed by atoms with Crippen LogP contribution >= 0.6 is 15.7 Å². The van der Waals surface area contributed by atoms with Gasteiger partial charge < -0.3 is 9.30 Å². The van der Waals surface area contributed by atoms with E-state index in [-0.39, 0.29) is 35.3 Å². The second-order valence-electron chi connectivity index (χ2n) is 9.80. The third-order valence-corrected chi connectivity index (χ3v) is 11.0. The number of hydrogen-bond acceptors (Lipinski definition) is 2. The zero-order valence-electron chi connectivity index (χ0n) is 20.6. The Kier molecular flexibility index (Phi) is 12.6. The maximum absolute atomic E-state index is 13.3. The first-order chi connectivity index (χ1) is 14.5. The summed E-state index contributed by atoms with van der Waals surface area (Å²) >= 11 is 0. The van der Waals surface area contributed by atoms with Crippen LogP contribution < -0.4 is 10.0 Å². The van der Waals surface area contributed by atoms with E-state index in [1.807, 2.05) is 56.4 Å². The van der Waals surface area contributed by atoms with Gasteiger partial charge in [-0.3, -0.25) is 0 Å². The van der Waals surface area contributed by atoms with Crippen molar-refractivity contribution in [3.63, 3.8) is 0 Å². The summed E-state index contributed by atoms with van der Waals surface area (Å²) in [6, 6.07) is 7.64. The second-order valence-corrected chi connectivity index (χ2v) is 15.8. The predicted octanol–water partition coefficient (Wildman–Crippen LogP) is 7.10. The van der Waals surface area contributed by atoms with E-state index < -0.39 is 7.80 Å². The number of hydrogen-bond donors (Lipinski definition) is 0. The van der Waals surface area contributed by atoms with Crippen molar-refractivity contribution < 1.29 is 26.4 Å². The van der Waals surface area contributed by atoms with Crippen LogP contribution in [0.5, 0.6) is 5.75 Å². The number of ether oxygens (including phenoxy) is 1. The van der Waals surface area contributed by atoms with Gasteiger partial charge in [0, 0.05) is 34.0 Å². The second kappa shape index (κ2) is 13.3. The molecule has 0 saturated heterocycles. The molecule has 0 amide bonds. The van der Waals surface area contributed by atoms with Gasteiger partial charge in [-0.1, -0.05) is 56.4 Å². The van der Waals surface area contributed by atoms with Gasteiger partial charge in [0.15, 0.2) is 0 Å². The molecule has 0 heterocycles. The van der Waals surface area contributed by atoms with Gasteiger partial charge in [0.2, 0.25) is 0 Å². The predicted molar refractivity (Wildman–Crippen MR) is 138 cm³/mol. The monoisotopic (exact) mass is 512 g/mol. The normalized spacial score (nSPS) is 19.8. The molecule has 0 spiro atoms. The van der Waals surface area contributed by atoms with E-state index >= 15 is 0 Å². The molecule has 3 rings (SSSR count). The fourth-order valence-electron chi connectivity index (χ4n) is 4.53. The molecule has 2 fully saturated rings. The zero-order valence-corrected chi connectivity index (χ0v) is 23.6. The van der Waals surface area contributed by atoms with Crippen molar-refractivity contribution in [3.05, 3.63) is 87.2 Å². The Balaban J connectivity index is 0.000000750. The minimum atomic E-state index is -2.02. The molecule has 10 radical (unpaired) electrons. The molecular formula is C27H38FeO2P2. The van der Waals surface area contributed by atoms with Crippen LogP contribution in [-0.2, 0) is 21.6 Å². The fourth-order valence-corrected chi connectivity index (χ4v) is 11.1. The molecule has 2 atom stereocenters. The molecular weight excluding hydrogens is 474 g/mol. The number of methoxy groups -OCH3 is 1. The Morgan fingerprint density at radius 1 is 0.812 bits per heavy atom. The van der Waals surface area contributed by atoms with E-state index in [0.29, 0.717) is 5.66 Å². The molecule has 32 heavy (non-hydrogen) atoms. The molecule has 0 aromatic heterocycles. The van der Waals surface area contributed by atoms with E-state index in [2.05, 4.69) is 67.7 Å². The zero-order chi connectivity index (χ0) is 23.2. The molecule has 2 saturated carbocycles. The van der Waals surface area contributed by atoms with Crippen LogP contribution in [-0.4, -0.2) is 23.1 Å². The molecule has 0 aliphatic heterocycles. The van der Waals surface area contributed by atoms with Gasteiger partial charge in [-0.05, 0) is 91.6 Å². The maximum Gasteiger partial charge on any atom is 0.118 e. The molecule has 5 heteroatoms. The summed E-state index contributed by atoms with van der Waals surface area (Å²) < 4.78 is 18.5. The first-order valence-electron chi connectivity index (χ1n) is 10.9. The Labute approximate surface area is 211 Å². The van der Waals surface area contributed by atoms with Gasteiger partial charge in [0.05, 0.1) is 7.11 Å². The fraction of sp³-hybridized carbons (Fsp3) is 0.407. The van der Waals surface area contributed by atoms with Crippen molar-refractivity contribution in [1.29, 1.82) is 0 Å². The van der Waals surface area contributed by atoms with Crippen molar-refractivity contribution in [2.24, 2.45) is 0 Å². The molecule has 176 valence electrons. The molecule has 1 aromatic carbocycles. The third-order valence-electron chi connectivity index (χ3n) is 5.28. The van der Waals surface area contributed by atoms with Crippen LogP contribution in [0.15, 0.2) is 24.3 Å². The van der Waals surface area contributed by atoms with Gasteiger partial charge in [-0.15, -0.1) is 0 Å². The Bertz CT molecular complexity index is 665. The molecule has 0 N–H and O–H groups in total. The van der Waals surface area contributed by atoms with Gasteiger partial charge in [-0.25, -0.2) is 0 Å². The van der Waals surface area contributed by atoms with E-state index in [1.165, 1.54) is 5.92 Å². The van der Waals surface area contributed by atoms with Gasteiger partial charge >= 0.3 is 0 Å². The Morgan fingerprint density at radius 2 is 1.28 bits per heavy atom. The SMILES string of the molecule is COc1ccc([P@@H](=O)[C]2[CH][CH][CH][C]2[C@@H](C)P(C(C)(C)C)C(C)(C)C)cc1.[CH]1[CH][CH][CH][CH]1.[Fe]. The Morgan fingerprint density at radius 3 is 1.69 bits per heavy atom. The van der Waals surface area contributed by atoms with Crippen LogP contribution in [0, 0.1) is 62.9 Å². The van der Waals surface area contributed by atoms with E-state index in [1.54, 1.807) is 7.11 Å². The molecule has 2 nitrogen and oxygen atoms in total. The molecule has 1 aromatic rings. The van der Waals surface area contributed by atoms with Gasteiger partial charge in [-0.2, -0.15) is 0 Å². The standard InChI is InChI=1S/C22H33O2P2.C5H5.Fe/c1-16(26(21(2,3)4)22(5,6)7)19-10-9-11-20(19)25(23)18-14-12-17(24-8)13-15-18;1-2-4-5-3-1;/h9-16,25H,1-8H3;1-5H;/t16-;;/m1../s1. The average molecular weight is 512 g/mol. The first-order valence-corrected chi connectivity index (χ1v) is 13.7. The van der Waals surface area contributed by atoms with Crippen molar-refractivity contribution in [2.45, 2.75) is 64.4 Å². The molecule has 2 aliphatic carbocycles. The largest absolute Gasteiger partial charge is 0.497 e. The summed E-state index contributed by atoms with van der Waals surface area (Å²) in [5, 5.41) is 1.36. The Hall–Kier alpha value is 0.199. The molecule has 0 unspecified atom stereocenters. The molecule has 0 bridgehead atoms. The first kappa shape index (κ1) is 30.2. The van der Waals surface area contributed by atoms with E-state index in [0.717, 1.165) is 16.7 Å². The van der Waals surface area contributed by atoms with Crippen molar-refractivity contribution in [2.75, 3.05) is 7.11 Å². The summed E-state index contributed by atoms with van der Waals surface area (Å²) in [6.07, 6.45) is 16.3. The quantitative estimate of drug-likeness (QED) is 0.311. The summed E-state index contributed by atoms with van der Waals surface area (Å²) in [4.78, 5) is 0. The van der Waals surface area contributed by atoms with Crippen molar-refractivity contribution in [1.82, 2.24) is 0 Å². The number of benzene rings is 1. The van der Waals surface area contributed by atoms with Gasteiger partial charge in [0.1, 0.15) is 13.6 Å². The summed E-state index contributed by atoms with van der Waals surface area (Å²) in [5.41, 5.74) is 1.43. The summed E-state index contributed by atoms with van der Waals surface area (Å²) in [5.74, 6) is 2.06. The van der Waals surface area contributed by atoms with Crippen LogP contribution in [0.2, 0.25) is 0 Å². The minimum absolute atomic E-state index is 0.